The highest BCUT2D eigenvalue weighted by Gasteiger charge is 2.15. The summed E-state index contributed by atoms with van der Waals surface area (Å²) in [6, 6.07) is 7.40. The first kappa shape index (κ1) is 16.6. The smallest absolute Gasteiger partial charge is 0.251 e. The number of ether oxygens (including phenoxy) is 1. The standard InChI is InChI=1S/C15H24N2O3/c1-16-9-7-12-5-3-4-6-14(12)15(19)17-13(8-10-18)11-20-2/h3-6,13,16,18H,7-11H2,1-2H3,(H,17,19). The number of rotatable bonds is 9. The maximum atomic E-state index is 12.3. The Labute approximate surface area is 120 Å². The largest absolute Gasteiger partial charge is 0.396 e. The van der Waals surface area contributed by atoms with Crippen molar-refractivity contribution in [2.75, 3.05) is 33.9 Å². The molecule has 112 valence electrons. The van der Waals surface area contributed by atoms with Crippen molar-refractivity contribution in [3.8, 4) is 0 Å². The number of hydrogen-bond acceptors (Lipinski definition) is 4. The van der Waals surface area contributed by atoms with Gasteiger partial charge in [0, 0.05) is 19.3 Å². The van der Waals surface area contributed by atoms with Gasteiger partial charge in [-0.15, -0.1) is 0 Å². The van der Waals surface area contributed by atoms with Gasteiger partial charge in [0.2, 0.25) is 0 Å². The van der Waals surface area contributed by atoms with Crippen molar-refractivity contribution in [3.63, 3.8) is 0 Å². The molecule has 20 heavy (non-hydrogen) atoms. The molecule has 0 fully saturated rings. The van der Waals surface area contributed by atoms with E-state index in [1.54, 1.807) is 7.11 Å². The Hall–Kier alpha value is -1.43. The average molecular weight is 280 g/mol. The van der Waals surface area contributed by atoms with Crippen LogP contribution in [0.5, 0.6) is 0 Å². The van der Waals surface area contributed by atoms with Crippen molar-refractivity contribution in [1.82, 2.24) is 10.6 Å². The van der Waals surface area contributed by atoms with E-state index in [0.29, 0.717) is 18.6 Å². The van der Waals surface area contributed by atoms with Gasteiger partial charge >= 0.3 is 0 Å². The monoisotopic (exact) mass is 280 g/mol. The first-order valence-electron chi connectivity index (χ1n) is 6.86. The predicted octanol–water partition coefficient (Wildman–Crippen LogP) is 0.576. The predicted molar refractivity (Wildman–Crippen MR) is 78.9 cm³/mol. The highest BCUT2D eigenvalue weighted by Crippen LogP contribution is 2.10. The van der Waals surface area contributed by atoms with E-state index in [2.05, 4.69) is 10.6 Å². The summed E-state index contributed by atoms with van der Waals surface area (Å²) in [5.74, 6) is -0.118. The lowest BCUT2D eigenvalue weighted by Gasteiger charge is -2.18. The highest BCUT2D eigenvalue weighted by molar-refractivity contribution is 5.95. The topological polar surface area (TPSA) is 70.6 Å². The van der Waals surface area contributed by atoms with Crippen LogP contribution >= 0.6 is 0 Å². The quantitative estimate of drug-likeness (QED) is 0.619. The molecular weight excluding hydrogens is 256 g/mol. The van der Waals surface area contributed by atoms with Crippen LogP contribution in [0.2, 0.25) is 0 Å². The minimum Gasteiger partial charge on any atom is -0.396 e. The maximum absolute atomic E-state index is 12.3. The molecule has 3 N–H and O–H groups in total. The Morgan fingerprint density at radius 2 is 2.15 bits per heavy atom. The van der Waals surface area contributed by atoms with Gasteiger partial charge in [0.25, 0.3) is 5.91 Å². The van der Waals surface area contributed by atoms with Crippen molar-refractivity contribution >= 4 is 5.91 Å². The van der Waals surface area contributed by atoms with Gasteiger partial charge in [0.15, 0.2) is 0 Å². The molecule has 0 aliphatic carbocycles. The number of aliphatic hydroxyl groups is 1. The molecule has 1 aromatic rings. The van der Waals surface area contributed by atoms with E-state index in [-0.39, 0.29) is 18.6 Å². The normalized spacial score (nSPS) is 12.2. The summed E-state index contributed by atoms with van der Waals surface area (Å²) in [6.07, 6.45) is 1.29. The lowest BCUT2D eigenvalue weighted by molar-refractivity contribution is 0.0878. The van der Waals surface area contributed by atoms with Crippen LogP contribution in [0.15, 0.2) is 24.3 Å². The molecule has 0 saturated heterocycles. The summed E-state index contributed by atoms with van der Waals surface area (Å²) < 4.78 is 5.05. The zero-order valence-corrected chi connectivity index (χ0v) is 12.2. The minimum absolute atomic E-state index is 0.0235. The molecule has 1 aromatic carbocycles. The zero-order chi connectivity index (χ0) is 14.8. The number of aliphatic hydroxyl groups excluding tert-OH is 1. The minimum atomic E-state index is -0.171. The van der Waals surface area contributed by atoms with Crippen LogP contribution in [-0.2, 0) is 11.2 Å². The SMILES string of the molecule is CNCCc1ccccc1C(=O)NC(CCO)COC. The Balaban J connectivity index is 2.74. The van der Waals surface area contributed by atoms with Crippen LogP contribution in [0.3, 0.4) is 0 Å². The molecule has 0 spiro atoms. The fraction of sp³-hybridized carbons (Fsp3) is 0.533. The van der Waals surface area contributed by atoms with Crippen molar-refractivity contribution < 1.29 is 14.6 Å². The third kappa shape index (κ3) is 5.28. The summed E-state index contributed by atoms with van der Waals surface area (Å²) in [6.45, 7) is 1.24. The summed E-state index contributed by atoms with van der Waals surface area (Å²) in [5, 5.41) is 15.0. The number of carbonyl (C=O) groups excluding carboxylic acids is 1. The molecule has 0 radical (unpaired) electrons. The van der Waals surface area contributed by atoms with Crippen molar-refractivity contribution in [2.45, 2.75) is 18.9 Å². The van der Waals surface area contributed by atoms with Gasteiger partial charge in [-0.05, 0) is 38.1 Å². The molecule has 5 nitrogen and oxygen atoms in total. The van der Waals surface area contributed by atoms with Crippen LogP contribution < -0.4 is 10.6 Å². The van der Waals surface area contributed by atoms with Gasteiger partial charge in [0.05, 0.1) is 12.6 Å². The molecule has 0 bridgehead atoms. The molecule has 5 heteroatoms. The molecule has 1 rings (SSSR count). The van der Waals surface area contributed by atoms with E-state index >= 15 is 0 Å². The van der Waals surface area contributed by atoms with Gasteiger partial charge in [-0.2, -0.15) is 0 Å². The second-order valence-corrected chi connectivity index (χ2v) is 4.65. The van der Waals surface area contributed by atoms with E-state index in [0.717, 1.165) is 18.5 Å². The summed E-state index contributed by atoms with van der Waals surface area (Å²) >= 11 is 0. The van der Waals surface area contributed by atoms with Crippen LogP contribution in [0.1, 0.15) is 22.3 Å². The first-order valence-corrected chi connectivity index (χ1v) is 6.86. The fourth-order valence-corrected chi connectivity index (χ4v) is 2.04. The molecule has 0 saturated carbocycles. The Morgan fingerprint density at radius 3 is 2.80 bits per heavy atom. The molecule has 0 aromatic heterocycles. The fourth-order valence-electron chi connectivity index (χ4n) is 2.04. The molecule has 0 aliphatic heterocycles. The maximum Gasteiger partial charge on any atom is 0.251 e. The second kappa shape index (κ2) is 9.47. The molecule has 0 aliphatic rings. The molecule has 1 amide bonds. The van der Waals surface area contributed by atoms with Gasteiger partial charge in [-0.3, -0.25) is 4.79 Å². The first-order chi connectivity index (χ1) is 9.72. The van der Waals surface area contributed by atoms with E-state index in [4.69, 9.17) is 9.84 Å². The van der Waals surface area contributed by atoms with E-state index in [9.17, 15) is 4.79 Å². The van der Waals surface area contributed by atoms with Crippen molar-refractivity contribution in [1.29, 1.82) is 0 Å². The molecular formula is C15H24N2O3. The lowest BCUT2D eigenvalue weighted by atomic mass is 10.0. The van der Waals surface area contributed by atoms with Gasteiger partial charge in [0.1, 0.15) is 0 Å². The van der Waals surface area contributed by atoms with Gasteiger partial charge in [-0.1, -0.05) is 18.2 Å². The third-order valence-corrected chi connectivity index (χ3v) is 3.09. The van der Waals surface area contributed by atoms with Crippen LogP contribution in [0.25, 0.3) is 0 Å². The molecule has 0 heterocycles. The summed E-state index contributed by atoms with van der Waals surface area (Å²) in [5.41, 5.74) is 1.70. The van der Waals surface area contributed by atoms with Gasteiger partial charge < -0.3 is 20.5 Å². The molecule has 1 atom stereocenters. The second-order valence-electron chi connectivity index (χ2n) is 4.65. The third-order valence-electron chi connectivity index (χ3n) is 3.09. The molecule has 1 unspecified atom stereocenters. The Morgan fingerprint density at radius 1 is 1.40 bits per heavy atom. The van der Waals surface area contributed by atoms with Crippen LogP contribution in [-0.4, -0.2) is 51.0 Å². The Bertz CT molecular complexity index is 404. The van der Waals surface area contributed by atoms with E-state index in [1.807, 2.05) is 31.3 Å². The number of methoxy groups -OCH3 is 1. The van der Waals surface area contributed by atoms with Crippen molar-refractivity contribution in [3.05, 3.63) is 35.4 Å². The lowest BCUT2D eigenvalue weighted by Crippen LogP contribution is -2.39. The van der Waals surface area contributed by atoms with E-state index in [1.165, 1.54) is 0 Å². The summed E-state index contributed by atoms with van der Waals surface area (Å²) in [7, 11) is 3.47. The summed E-state index contributed by atoms with van der Waals surface area (Å²) in [4.78, 5) is 12.3. The number of amides is 1. The number of carbonyl (C=O) groups is 1. The van der Waals surface area contributed by atoms with Crippen molar-refractivity contribution in [2.24, 2.45) is 0 Å². The number of nitrogens with one attached hydrogen (secondary N) is 2. The van der Waals surface area contributed by atoms with Crippen LogP contribution in [0, 0.1) is 0 Å². The highest BCUT2D eigenvalue weighted by atomic mass is 16.5. The number of hydrogen-bond donors (Lipinski definition) is 3. The van der Waals surface area contributed by atoms with Crippen LogP contribution in [0.4, 0.5) is 0 Å². The number of benzene rings is 1. The Kier molecular flexibility index (Phi) is 7.87. The number of likely N-dealkylation sites (N-methyl/N-ethyl adjacent to an activating group) is 1. The van der Waals surface area contributed by atoms with E-state index < -0.39 is 0 Å². The average Bonchev–Trinajstić information content (AvgIpc) is 2.46. The zero-order valence-electron chi connectivity index (χ0n) is 12.2. The van der Waals surface area contributed by atoms with Gasteiger partial charge in [-0.25, -0.2) is 0 Å².